The Morgan fingerprint density at radius 1 is 1.22 bits per heavy atom. The molecule has 0 saturated carbocycles. The van der Waals surface area contributed by atoms with Gasteiger partial charge in [-0.05, 0) is 38.1 Å². The average molecular weight is 340 g/mol. The molecule has 1 N–H and O–H groups in total. The molecule has 1 heterocycles. The number of carbonyl (C=O) groups is 1. The zero-order valence-corrected chi connectivity index (χ0v) is 14.6. The predicted octanol–water partition coefficient (Wildman–Crippen LogP) is 1.07. The number of amides is 1. The third-order valence-electron chi connectivity index (χ3n) is 3.75. The van der Waals surface area contributed by atoms with Crippen molar-refractivity contribution in [2.45, 2.75) is 37.2 Å². The molecule has 1 aliphatic rings. The van der Waals surface area contributed by atoms with Crippen molar-refractivity contribution in [1.82, 2.24) is 10.2 Å². The van der Waals surface area contributed by atoms with E-state index < -0.39 is 9.84 Å². The number of nitrogens with zero attached hydrogens (tertiary/aromatic N) is 1. The molecule has 1 saturated heterocycles. The summed E-state index contributed by atoms with van der Waals surface area (Å²) in [6, 6.07) is 6.82. The molecular formula is C16H24N2O4S. The topological polar surface area (TPSA) is 75.7 Å². The number of nitrogens with one attached hydrogen (secondary N) is 1. The minimum absolute atomic E-state index is 0.0814. The molecule has 0 spiro atoms. The first-order chi connectivity index (χ1) is 10.8. The van der Waals surface area contributed by atoms with Crippen molar-refractivity contribution in [3.05, 3.63) is 24.3 Å². The fourth-order valence-corrected chi connectivity index (χ4v) is 3.36. The second-order valence-corrected chi connectivity index (χ2v) is 8.13. The van der Waals surface area contributed by atoms with E-state index in [0.717, 1.165) is 6.26 Å². The number of benzene rings is 1. The molecule has 2 atom stereocenters. The Labute approximate surface area is 137 Å². The number of hydrogen-bond acceptors (Lipinski definition) is 5. The summed E-state index contributed by atoms with van der Waals surface area (Å²) in [7, 11) is -3.20. The maximum atomic E-state index is 12.2. The quantitative estimate of drug-likeness (QED) is 0.868. The first kappa shape index (κ1) is 17.7. The molecule has 1 fully saturated rings. The Hall–Kier alpha value is -1.60. The molecule has 0 radical (unpaired) electrons. The van der Waals surface area contributed by atoms with Gasteiger partial charge in [0, 0.05) is 31.4 Å². The molecular weight excluding hydrogens is 316 g/mol. The van der Waals surface area contributed by atoms with Crippen molar-refractivity contribution in [2.75, 3.05) is 26.0 Å². The minimum atomic E-state index is -3.20. The summed E-state index contributed by atoms with van der Waals surface area (Å²) in [5.74, 6) is 0.644. The summed E-state index contributed by atoms with van der Waals surface area (Å²) >= 11 is 0. The van der Waals surface area contributed by atoms with E-state index in [2.05, 4.69) is 19.2 Å². The van der Waals surface area contributed by atoms with E-state index in [0.29, 0.717) is 37.3 Å². The Balaban J connectivity index is 1.81. The second kappa shape index (κ2) is 7.31. The third-order valence-corrected chi connectivity index (χ3v) is 4.88. The standard InChI is InChI=1S/C16H24N2O4S/c1-12-10-18(11-13(2)17-12)16(19)8-9-22-14-4-6-15(7-5-14)23(3,20)21/h4-7,12-13,17H,8-11H2,1-3H3. The van der Waals surface area contributed by atoms with E-state index >= 15 is 0 Å². The van der Waals surface area contributed by atoms with E-state index in [-0.39, 0.29) is 17.4 Å². The summed E-state index contributed by atoms with van der Waals surface area (Å²) in [6.07, 6.45) is 1.48. The lowest BCUT2D eigenvalue weighted by Crippen LogP contribution is -2.56. The van der Waals surface area contributed by atoms with Crippen molar-refractivity contribution in [3.63, 3.8) is 0 Å². The van der Waals surface area contributed by atoms with Gasteiger partial charge in [-0.3, -0.25) is 4.79 Å². The number of sulfone groups is 1. The zero-order valence-electron chi connectivity index (χ0n) is 13.8. The Morgan fingerprint density at radius 3 is 2.30 bits per heavy atom. The summed E-state index contributed by atoms with van der Waals surface area (Å²) in [6.45, 7) is 5.84. The van der Waals surface area contributed by atoms with Crippen molar-refractivity contribution in [3.8, 4) is 5.75 Å². The second-order valence-electron chi connectivity index (χ2n) is 6.11. The fourth-order valence-electron chi connectivity index (χ4n) is 2.73. The highest BCUT2D eigenvalue weighted by Crippen LogP contribution is 2.16. The molecule has 128 valence electrons. The van der Waals surface area contributed by atoms with E-state index in [1.165, 1.54) is 12.1 Å². The smallest absolute Gasteiger partial charge is 0.226 e. The summed E-state index contributed by atoms with van der Waals surface area (Å²) < 4.78 is 28.3. The van der Waals surface area contributed by atoms with E-state index in [9.17, 15) is 13.2 Å². The van der Waals surface area contributed by atoms with Crippen molar-refractivity contribution in [1.29, 1.82) is 0 Å². The number of carbonyl (C=O) groups excluding carboxylic acids is 1. The van der Waals surface area contributed by atoms with Gasteiger partial charge in [0.1, 0.15) is 5.75 Å². The lowest BCUT2D eigenvalue weighted by Gasteiger charge is -2.36. The lowest BCUT2D eigenvalue weighted by molar-refractivity contribution is -0.133. The molecule has 1 amide bonds. The molecule has 2 unspecified atom stereocenters. The molecule has 7 heteroatoms. The summed E-state index contributed by atoms with van der Waals surface area (Å²) in [5, 5.41) is 3.39. The molecule has 0 bridgehead atoms. The van der Waals surface area contributed by atoms with Gasteiger partial charge in [-0.25, -0.2) is 8.42 Å². The number of rotatable bonds is 5. The Morgan fingerprint density at radius 2 is 1.78 bits per heavy atom. The summed E-state index contributed by atoms with van der Waals surface area (Å²) in [5.41, 5.74) is 0. The van der Waals surface area contributed by atoms with Crippen LogP contribution in [-0.2, 0) is 14.6 Å². The first-order valence-electron chi connectivity index (χ1n) is 7.72. The van der Waals surface area contributed by atoms with Crippen LogP contribution in [-0.4, -0.2) is 57.3 Å². The van der Waals surface area contributed by atoms with Gasteiger partial charge in [0.15, 0.2) is 9.84 Å². The van der Waals surface area contributed by atoms with Crippen LogP contribution in [0.3, 0.4) is 0 Å². The van der Waals surface area contributed by atoms with Crippen LogP contribution in [0.1, 0.15) is 20.3 Å². The van der Waals surface area contributed by atoms with Gasteiger partial charge in [0.25, 0.3) is 0 Å². The Bertz CT molecular complexity index is 633. The van der Waals surface area contributed by atoms with Crippen LogP contribution in [0.5, 0.6) is 5.75 Å². The molecule has 0 aliphatic carbocycles. The maximum Gasteiger partial charge on any atom is 0.226 e. The van der Waals surface area contributed by atoms with Crippen LogP contribution >= 0.6 is 0 Å². The van der Waals surface area contributed by atoms with Gasteiger partial charge in [-0.1, -0.05) is 0 Å². The van der Waals surface area contributed by atoms with Gasteiger partial charge in [0.2, 0.25) is 5.91 Å². The molecule has 23 heavy (non-hydrogen) atoms. The van der Waals surface area contributed by atoms with Crippen LogP contribution in [0.4, 0.5) is 0 Å². The number of piperazine rings is 1. The number of ether oxygens (including phenoxy) is 1. The molecule has 2 rings (SSSR count). The number of hydrogen-bond donors (Lipinski definition) is 1. The highest BCUT2D eigenvalue weighted by Gasteiger charge is 2.24. The molecule has 1 aromatic carbocycles. The molecule has 1 aromatic rings. The predicted molar refractivity (Wildman–Crippen MR) is 88.3 cm³/mol. The normalized spacial score (nSPS) is 22.0. The fraction of sp³-hybridized carbons (Fsp3) is 0.562. The van der Waals surface area contributed by atoms with Gasteiger partial charge >= 0.3 is 0 Å². The lowest BCUT2D eigenvalue weighted by atomic mass is 10.1. The summed E-state index contributed by atoms with van der Waals surface area (Å²) in [4.78, 5) is 14.3. The van der Waals surface area contributed by atoms with Crippen LogP contribution in [0.2, 0.25) is 0 Å². The molecule has 6 nitrogen and oxygen atoms in total. The van der Waals surface area contributed by atoms with Crippen molar-refractivity contribution in [2.24, 2.45) is 0 Å². The first-order valence-corrected chi connectivity index (χ1v) is 9.61. The minimum Gasteiger partial charge on any atom is -0.493 e. The molecule has 0 aromatic heterocycles. The van der Waals surface area contributed by atoms with E-state index in [4.69, 9.17) is 4.74 Å². The van der Waals surface area contributed by atoms with Gasteiger partial charge in [-0.2, -0.15) is 0 Å². The maximum absolute atomic E-state index is 12.2. The van der Waals surface area contributed by atoms with Crippen molar-refractivity contribution >= 4 is 15.7 Å². The van der Waals surface area contributed by atoms with Crippen LogP contribution in [0.15, 0.2) is 29.2 Å². The average Bonchev–Trinajstić information content (AvgIpc) is 2.45. The molecule has 1 aliphatic heterocycles. The van der Waals surface area contributed by atoms with Gasteiger partial charge in [-0.15, -0.1) is 0 Å². The third kappa shape index (κ3) is 5.21. The largest absolute Gasteiger partial charge is 0.493 e. The van der Waals surface area contributed by atoms with E-state index in [1.807, 2.05) is 4.90 Å². The van der Waals surface area contributed by atoms with Crippen molar-refractivity contribution < 1.29 is 17.9 Å². The Kier molecular flexibility index (Phi) is 5.64. The SMILES string of the molecule is CC1CN(C(=O)CCOc2ccc(S(C)(=O)=O)cc2)CC(C)N1. The highest BCUT2D eigenvalue weighted by molar-refractivity contribution is 7.90. The monoisotopic (exact) mass is 340 g/mol. The van der Waals surface area contributed by atoms with Gasteiger partial charge < -0.3 is 15.0 Å². The van der Waals surface area contributed by atoms with Crippen LogP contribution < -0.4 is 10.1 Å². The van der Waals surface area contributed by atoms with Gasteiger partial charge in [0.05, 0.1) is 17.9 Å². The van der Waals surface area contributed by atoms with Crippen LogP contribution in [0, 0.1) is 0 Å². The van der Waals surface area contributed by atoms with E-state index in [1.54, 1.807) is 12.1 Å². The zero-order chi connectivity index (χ0) is 17.0. The van der Waals surface area contributed by atoms with Crippen LogP contribution in [0.25, 0.3) is 0 Å². The highest BCUT2D eigenvalue weighted by atomic mass is 32.2.